The topological polar surface area (TPSA) is 97.3 Å². The van der Waals surface area contributed by atoms with Crippen LogP contribution in [-0.2, 0) is 0 Å². The van der Waals surface area contributed by atoms with Gasteiger partial charge in [-0.25, -0.2) is 4.98 Å². The molecular weight excluding hydrogens is 416 g/mol. The zero-order valence-electron chi connectivity index (χ0n) is 18.3. The van der Waals surface area contributed by atoms with Gasteiger partial charge in [-0.05, 0) is 49.4 Å². The number of hydrogen-bond acceptors (Lipinski definition) is 6. The van der Waals surface area contributed by atoms with E-state index in [2.05, 4.69) is 21.9 Å². The van der Waals surface area contributed by atoms with Crippen LogP contribution in [-0.4, -0.2) is 46.6 Å². The number of para-hydroxylation sites is 1. The Bertz CT molecular complexity index is 1370. The van der Waals surface area contributed by atoms with E-state index < -0.39 is 5.91 Å². The van der Waals surface area contributed by atoms with Crippen LogP contribution in [0, 0.1) is 6.92 Å². The molecule has 5 rings (SSSR count). The lowest BCUT2D eigenvalue weighted by Crippen LogP contribution is -2.47. The fourth-order valence-electron chi connectivity index (χ4n) is 4.22. The molecule has 2 aromatic carbocycles. The second kappa shape index (κ2) is 8.38. The van der Waals surface area contributed by atoms with E-state index in [0.29, 0.717) is 22.8 Å². The van der Waals surface area contributed by atoms with E-state index >= 15 is 0 Å². The number of rotatable bonds is 4. The maximum atomic E-state index is 12.8. The molecule has 0 spiro atoms. The maximum Gasteiger partial charge on any atom is 0.256 e. The summed E-state index contributed by atoms with van der Waals surface area (Å²) in [5.41, 5.74) is 8.72. The lowest BCUT2D eigenvalue weighted by molar-refractivity contribution is 0.100. The molecule has 1 saturated heterocycles. The molecule has 2 N–H and O–H groups in total. The Morgan fingerprint density at radius 3 is 2.15 bits per heavy atom. The van der Waals surface area contributed by atoms with E-state index in [1.165, 1.54) is 11.8 Å². The molecule has 8 heteroatoms. The van der Waals surface area contributed by atoms with Gasteiger partial charge in [-0.3, -0.25) is 14.2 Å². The SMILES string of the molecule is Cc1nc(N2CCN(c3ccccc3)CC2)nc2c1ccc(=O)n2-c1ccc(C(N)=O)cc1. The van der Waals surface area contributed by atoms with Crippen molar-refractivity contribution in [1.82, 2.24) is 14.5 Å². The molecule has 1 aliphatic rings. The third-order valence-electron chi connectivity index (χ3n) is 6.02. The predicted octanol–water partition coefficient (Wildman–Crippen LogP) is 2.51. The van der Waals surface area contributed by atoms with Gasteiger partial charge in [0.15, 0.2) is 5.65 Å². The largest absolute Gasteiger partial charge is 0.368 e. The molecule has 8 nitrogen and oxygen atoms in total. The van der Waals surface area contributed by atoms with E-state index in [1.807, 2.05) is 25.1 Å². The first kappa shape index (κ1) is 20.7. The van der Waals surface area contributed by atoms with E-state index in [0.717, 1.165) is 37.3 Å². The molecule has 1 aliphatic heterocycles. The van der Waals surface area contributed by atoms with Crippen molar-refractivity contribution in [3.8, 4) is 5.69 Å². The van der Waals surface area contributed by atoms with Gasteiger partial charge in [-0.1, -0.05) is 18.2 Å². The molecule has 4 aromatic rings. The molecule has 0 radical (unpaired) electrons. The number of hydrogen-bond donors (Lipinski definition) is 1. The van der Waals surface area contributed by atoms with Gasteiger partial charge in [0.25, 0.3) is 5.56 Å². The van der Waals surface area contributed by atoms with E-state index in [-0.39, 0.29) is 5.56 Å². The van der Waals surface area contributed by atoms with Crippen molar-refractivity contribution < 1.29 is 4.79 Å². The quantitative estimate of drug-likeness (QED) is 0.524. The first-order valence-corrected chi connectivity index (χ1v) is 10.9. The molecule has 0 unspecified atom stereocenters. The van der Waals surface area contributed by atoms with Crippen molar-refractivity contribution in [2.24, 2.45) is 5.73 Å². The summed E-state index contributed by atoms with van der Waals surface area (Å²) in [6, 6.07) is 20.3. The number of aryl methyl sites for hydroxylation is 1. The monoisotopic (exact) mass is 440 g/mol. The van der Waals surface area contributed by atoms with Crippen LogP contribution in [0.2, 0.25) is 0 Å². The van der Waals surface area contributed by atoms with Crippen LogP contribution in [0.1, 0.15) is 16.1 Å². The van der Waals surface area contributed by atoms with Crippen molar-refractivity contribution in [2.75, 3.05) is 36.0 Å². The number of anilines is 2. The Kier molecular flexibility index (Phi) is 5.26. The van der Waals surface area contributed by atoms with Crippen LogP contribution in [0.15, 0.2) is 71.5 Å². The highest BCUT2D eigenvalue weighted by Gasteiger charge is 2.21. The lowest BCUT2D eigenvalue weighted by Gasteiger charge is -2.36. The Balaban J connectivity index is 1.51. The number of carbonyl (C=O) groups excluding carboxylic acids is 1. The fraction of sp³-hybridized carbons (Fsp3) is 0.200. The third kappa shape index (κ3) is 3.91. The second-order valence-electron chi connectivity index (χ2n) is 8.07. The number of primary amides is 1. The molecule has 3 heterocycles. The average molecular weight is 441 g/mol. The van der Waals surface area contributed by atoms with Crippen LogP contribution in [0.25, 0.3) is 16.7 Å². The highest BCUT2D eigenvalue weighted by atomic mass is 16.1. The molecule has 1 amide bonds. The summed E-state index contributed by atoms with van der Waals surface area (Å²) < 4.78 is 1.55. The van der Waals surface area contributed by atoms with Crippen LogP contribution in [0.5, 0.6) is 0 Å². The van der Waals surface area contributed by atoms with Gasteiger partial charge in [0, 0.05) is 48.9 Å². The van der Waals surface area contributed by atoms with Gasteiger partial charge in [-0.15, -0.1) is 0 Å². The van der Waals surface area contributed by atoms with Gasteiger partial charge in [-0.2, -0.15) is 4.98 Å². The molecule has 0 saturated carbocycles. The fourth-order valence-corrected chi connectivity index (χ4v) is 4.22. The van der Waals surface area contributed by atoms with E-state index in [1.54, 1.807) is 34.9 Å². The maximum absolute atomic E-state index is 12.8. The van der Waals surface area contributed by atoms with Gasteiger partial charge in [0.05, 0.1) is 11.4 Å². The van der Waals surface area contributed by atoms with E-state index in [4.69, 9.17) is 15.7 Å². The molecule has 0 atom stereocenters. The highest BCUT2D eigenvalue weighted by Crippen LogP contribution is 2.23. The Morgan fingerprint density at radius 2 is 1.48 bits per heavy atom. The summed E-state index contributed by atoms with van der Waals surface area (Å²) in [5.74, 6) is 0.0998. The number of amides is 1. The number of pyridine rings is 1. The second-order valence-corrected chi connectivity index (χ2v) is 8.07. The summed E-state index contributed by atoms with van der Waals surface area (Å²) in [7, 11) is 0. The minimum Gasteiger partial charge on any atom is -0.368 e. The molecular formula is C25H24N6O2. The minimum absolute atomic E-state index is 0.202. The number of nitrogens with two attached hydrogens (primary N) is 1. The molecule has 33 heavy (non-hydrogen) atoms. The minimum atomic E-state index is -0.512. The Hall–Kier alpha value is -4.20. The van der Waals surface area contributed by atoms with Crippen molar-refractivity contribution in [1.29, 1.82) is 0 Å². The first-order chi connectivity index (χ1) is 16.0. The average Bonchev–Trinajstić information content (AvgIpc) is 2.84. The van der Waals surface area contributed by atoms with Crippen molar-refractivity contribution in [3.05, 3.63) is 88.3 Å². The summed E-state index contributed by atoms with van der Waals surface area (Å²) in [4.78, 5) is 38.3. The molecule has 0 bridgehead atoms. The Labute approximate surface area is 190 Å². The number of nitrogens with zero attached hydrogens (tertiary/aromatic N) is 5. The summed E-state index contributed by atoms with van der Waals surface area (Å²) >= 11 is 0. The number of aromatic nitrogens is 3. The zero-order valence-corrected chi connectivity index (χ0v) is 18.3. The number of carbonyl (C=O) groups is 1. The molecule has 166 valence electrons. The number of benzene rings is 2. The predicted molar refractivity (Wildman–Crippen MR) is 129 cm³/mol. The van der Waals surface area contributed by atoms with Gasteiger partial charge >= 0.3 is 0 Å². The van der Waals surface area contributed by atoms with E-state index in [9.17, 15) is 9.59 Å². The van der Waals surface area contributed by atoms with Crippen molar-refractivity contribution >= 4 is 28.6 Å². The molecule has 0 aliphatic carbocycles. The molecule has 2 aromatic heterocycles. The van der Waals surface area contributed by atoms with Crippen molar-refractivity contribution in [3.63, 3.8) is 0 Å². The van der Waals surface area contributed by atoms with Crippen LogP contribution >= 0.6 is 0 Å². The zero-order chi connectivity index (χ0) is 22.9. The normalized spacial score (nSPS) is 14.0. The summed E-state index contributed by atoms with van der Waals surface area (Å²) in [6.45, 7) is 5.22. The third-order valence-corrected chi connectivity index (χ3v) is 6.02. The molecule has 1 fully saturated rings. The lowest BCUT2D eigenvalue weighted by atomic mass is 10.2. The van der Waals surface area contributed by atoms with Crippen LogP contribution in [0.4, 0.5) is 11.6 Å². The Morgan fingerprint density at radius 1 is 0.818 bits per heavy atom. The standard InChI is InChI=1S/C25H24N6O2/c1-17-21-11-12-22(32)31(20-9-7-18(8-10-20)23(26)33)24(21)28-25(27-17)30-15-13-29(14-16-30)19-5-3-2-4-6-19/h2-12H,13-16H2,1H3,(H2,26,33). The number of fused-ring (bicyclic) bond motifs is 1. The van der Waals surface area contributed by atoms with Crippen LogP contribution in [0.3, 0.4) is 0 Å². The van der Waals surface area contributed by atoms with Gasteiger partial charge < -0.3 is 15.5 Å². The highest BCUT2D eigenvalue weighted by molar-refractivity contribution is 5.93. The summed E-state index contributed by atoms with van der Waals surface area (Å²) in [5, 5.41) is 0.806. The van der Waals surface area contributed by atoms with Gasteiger partial charge in [0.2, 0.25) is 11.9 Å². The first-order valence-electron chi connectivity index (χ1n) is 10.9. The van der Waals surface area contributed by atoms with Crippen molar-refractivity contribution in [2.45, 2.75) is 6.92 Å². The summed E-state index contributed by atoms with van der Waals surface area (Å²) in [6.07, 6.45) is 0. The van der Waals surface area contributed by atoms with Crippen LogP contribution < -0.4 is 21.1 Å². The smallest absolute Gasteiger partial charge is 0.256 e. The number of piperazine rings is 1. The van der Waals surface area contributed by atoms with Gasteiger partial charge in [0.1, 0.15) is 0 Å².